The molecule has 0 heterocycles. The summed E-state index contributed by atoms with van der Waals surface area (Å²) in [7, 11) is 0. The van der Waals surface area contributed by atoms with Crippen molar-refractivity contribution in [1.82, 2.24) is 0 Å². The maximum atomic E-state index is 12.2. The largest absolute Gasteiger partial charge is 0.465 e. The third-order valence-corrected chi connectivity index (χ3v) is 4.61. The maximum Gasteiger partial charge on any atom is 0.323 e. The second-order valence-corrected chi connectivity index (χ2v) is 5.83. The van der Waals surface area contributed by atoms with E-state index in [2.05, 4.69) is 0 Å². The van der Waals surface area contributed by atoms with Crippen LogP contribution < -0.4 is 0 Å². The highest BCUT2D eigenvalue weighted by Crippen LogP contribution is 2.62. The quantitative estimate of drug-likeness (QED) is 0.616. The summed E-state index contributed by atoms with van der Waals surface area (Å²) in [5.74, 6) is -1.43. The lowest BCUT2D eigenvalue weighted by molar-refractivity contribution is -0.168. The Morgan fingerprint density at radius 2 is 1.55 bits per heavy atom. The van der Waals surface area contributed by atoms with E-state index >= 15 is 0 Å². The summed E-state index contributed by atoms with van der Waals surface area (Å²) in [6.45, 7) is 3.88. The first-order valence-corrected chi connectivity index (χ1v) is 7.58. The summed E-state index contributed by atoms with van der Waals surface area (Å²) >= 11 is 0. The molecule has 1 N–H and O–H groups in total. The first-order chi connectivity index (χ1) is 9.51. The van der Waals surface area contributed by atoms with Gasteiger partial charge in [0.25, 0.3) is 0 Å². The van der Waals surface area contributed by atoms with E-state index in [0.29, 0.717) is 19.3 Å². The zero-order valence-electron chi connectivity index (χ0n) is 12.3. The summed E-state index contributed by atoms with van der Waals surface area (Å²) in [4.78, 5) is 24.4. The lowest BCUT2D eigenvalue weighted by atomic mass is 9.78. The van der Waals surface area contributed by atoms with Crippen LogP contribution >= 0.6 is 0 Å². The number of carbonyl (C=O) groups excluding carboxylic acids is 2. The highest BCUT2D eigenvalue weighted by molar-refractivity contribution is 6.04. The van der Waals surface area contributed by atoms with Crippen LogP contribution in [-0.4, -0.2) is 35.9 Å². The molecule has 0 aliphatic heterocycles. The van der Waals surface area contributed by atoms with Gasteiger partial charge in [-0.2, -0.15) is 0 Å². The molecule has 5 heteroatoms. The Hall–Kier alpha value is -1.10. The van der Waals surface area contributed by atoms with Crippen molar-refractivity contribution in [2.75, 3.05) is 13.2 Å². The van der Waals surface area contributed by atoms with Crippen LogP contribution in [0.2, 0.25) is 0 Å². The van der Waals surface area contributed by atoms with Crippen molar-refractivity contribution in [1.29, 1.82) is 0 Å². The Labute approximate surface area is 119 Å². The normalized spacial score (nSPS) is 26.6. The third kappa shape index (κ3) is 2.43. The van der Waals surface area contributed by atoms with Crippen molar-refractivity contribution < 1.29 is 24.2 Å². The van der Waals surface area contributed by atoms with Crippen LogP contribution in [0.15, 0.2) is 0 Å². The number of carbonyl (C=O) groups is 2. The van der Waals surface area contributed by atoms with Gasteiger partial charge in [-0.3, -0.25) is 9.59 Å². The first kappa shape index (κ1) is 15.3. The summed E-state index contributed by atoms with van der Waals surface area (Å²) in [6, 6.07) is 0. The number of aliphatic hydroxyl groups is 1. The van der Waals surface area contributed by atoms with E-state index in [0.717, 1.165) is 19.3 Å². The number of ether oxygens (including phenoxy) is 2. The predicted molar refractivity (Wildman–Crippen MR) is 71.8 cm³/mol. The van der Waals surface area contributed by atoms with E-state index in [-0.39, 0.29) is 19.1 Å². The molecule has 0 saturated heterocycles. The van der Waals surface area contributed by atoms with Crippen LogP contribution in [0.25, 0.3) is 0 Å². The topological polar surface area (TPSA) is 72.8 Å². The second kappa shape index (κ2) is 5.72. The second-order valence-electron chi connectivity index (χ2n) is 5.83. The lowest BCUT2D eigenvalue weighted by Gasteiger charge is -2.33. The van der Waals surface area contributed by atoms with Crippen LogP contribution in [0.3, 0.4) is 0 Å². The molecule has 2 aliphatic rings. The molecule has 0 aromatic heterocycles. The van der Waals surface area contributed by atoms with Crippen molar-refractivity contribution >= 4 is 11.9 Å². The summed E-state index contributed by atoms with van der Waals surface area (Å²) in [6.07, 6.45) is 4.63. The molecule has 2 rings (SSSR count). The van der Waals surface area contributed by atoms with E-state index in [4.69, 9.17) is 9.47 Å². The average molecular weight is 284 g/mol. The van der Waals surface area contributed by atoms with E-state index < -0.39 is 23.0 Å². The van der Waals surface area contributed by atoms with E-state index in [9.17, 15) is 14.7 Å². The number of rotatable bonds is 5. The molecule has 0 aromatic carbocycles. The molecule has 0 bridgehead atoms. The molecular weight excluding hydrogens is 260 g/mol. The average Bonchev–Trinajstić information content (AvgIpc) is 3.18. The Bertz CT molecular complexity index is 366. The van der Waals surface area contributed by atoms with E-state index in [1.54, 1.807) is 13.8 Å². The number of esters is 2. The molecule has 2 aliphatic carbocycles. The highest BCUT2D eigenvalue weighted by Gasteiger charge is 2.73. The molecule has 2 fully saturated rings. The highest BCUT2D eigenvalue weighted by atomic mass is 16.6. The zero-order chi connectivity index (χ0) is 14.8. The fourth-order valence-electron chi connectivity index (χ4n) is 3.48. The van der Waals surface area contributed by atoms with Crippen molar-refractivity contribution in [3.8, 4) is 0 Å². The minimum atomic E-state index is -1.27. The Kier molecular flexibility index (Phi) is 4.37. The van der Waals surface area contributed by atoms with Crippen molar-refractivity contribution in [2.45, 2.75) is 58.0 Å². The maximum absolute atomic E-state index is 12.2. The number of hydrogen-bond donors (Lipinski definition) is 1. The molecule has 114 valence electrons. The fraction of sp³-hybridized carbons (Fsp3) is 0.867. The predicted octanol–water partition coefficient (Wildman–Crippen LogP) is 1.81. The van der Waals surface area contributed by atoms with Crippen molar-refractivity contribution in [3.05, 3.63) is 0 Å². The van der Waals surface area contributed by atoms with Gasteiger partial charge in [-0.1, -0.05) is 19.3 Å². The fourth-order valence-corrected chi connectivity index (χ4v) is 3.48. The molecule has 0 aromatic rings. The summed E-state index contributed by atoms with van der Waals surface area (Å²) in [5.41, 5.74) is -2.18. The molecule has 2 saturated carbocycles. The van der Waals surface area contributed by atoms with Gasteiger partial charge in [0.05, 0.1) is 18.8 Å². The third-order valence-electron chi connectivity index (χ3n) is 4.61. The SMILES string of the molecule is CCOC(=O)C1(C(=O)OCC)CC1C1(O)CCCCC1. The molecule has 20 heavy (non-hydrogen) atoms. The standard InChI is InChI=1S/C15H24O5/c1-3-19-12(16)15(13(17)20-4-2)10-11(15)14(18)8-6-5-7-9-14/h11,18H,3-10H2,1-2H3. The molecule has 5 nitrogen and oxygen atoms in total. The van der Waals surface area contributed by atoms with E-state index in [1.807, 2.05) is 0 Å². The van der Waals surface area contributed by atoms with Crippen molar-refractivity contribution in [2.24, 2.45) is 11.3 Å². The van der Waals surface area contributed by atoms with Gasteiger partial charge >= 0.3 is 11.9 Å². The monoisotopic (exact) mass is 284 g/mol. The van der Waals surface area contributed by atoms with Crippen LogP contribution in [0.5, 0.6) is 0 Å². The number of hydrogen-bond acceptors (Lipinski definition) is 5. The van der Waals surface area contributed by atoms with Gasteiger partial charge in [-0.15, -0.1) is 0 Å². The Morgan fingerprint density at radius 3 is 2.00 bits per heavy atom. The van der Waals surface area contributed by atoms with Crippen molar-refractivity contribution in [3.63, 3.8) is 0 Å². The van der Waals surface area contributed by atoms with Crippen LogP contribution in [-0.2, 0) is 19.1 Å². The molecule has 1 atom stereocenters. The Morgan fingerprint density at radius 1 is 1.05 bits per heavy atom. The summed E-state index contributed by atoms with van der Waals surface area (Å²) < 4.78 is 10.1. The lowest BCUT2D eigenvalue weighted by Crippen LogP contribution is -2.41. The van der Waals surface area contributed by atoms with Crippen LogP contribution in [0.1, 0.15) is 52.4 Å². The minimum Gasteiger partial charge on any atom is -0.465 e. The van der Waals surface area contributed by atoms with Gasteiger partial charge in [0.2, 0.25) is 0 Å². The van der Waals surface area contributed by atoms with E-state index in [1.165, 1.54) is 0 Å². The zero-order valence-corrected chi connectivity index (χ0v) is 12.3. The van der Waals surface area contributed by atoms with Gasteiger partial charge in [-0.25, -0.2) is 0 Å². The van der Waals surface area contributed by atoms with Gasteiger partial charge < -0.3 is 14.6 Å². The van der Waals surface area contributed by atoms with Crippen LogP contribution in [0, 0.1) is 11.3 Å². The van der Waals surface area contributed by atoms with Gasteiger partial charge in [0.15, 0.2) is 5.41 Å². The first-order valence-electron chi connectivity index (χ1n) is 7.58. The van der Waals surface area contributed by atoms with Gasteiger partial charge in [0.1, 0.15) is 0 Å². The molecule has 1 unspecified atom stereocenters. The molecule has 0 radical (unpaired) electrons. The van der Waals surface area contributed by atoms with Crippen LogP contribution in [0.4, 0.5) is 0 Å². The van der Waals surface area contributed by atoms with Gasteiger partial charge in [-0.05, 0) is 33.1 Å². The molecule has 0 spiro atoms. The minimum absolute atomic E-state index is 0.227. The molecule has 0 amide bonds. The Balaban J connectivity index is 2.19. The van der Waals surface area contributed by atoms with Gasteiger partial charge in [0, 0.05) is 5.92 Å². The smallest absolute Gasteiger partial charge is 0.323 e. The molecular formula is C15H24O5. The summed E-state index contributed by atoms with van der Waals surface area (Å²) in [5, 5.41) is 10.8.